The van der Waals surface area contributed by atoms with E-state index >= 15 is 0 Å². The average molecular weight is 246 g/mol. The lowest BCUT2D eigenvalue weighted by atomic mass is 10.1. The van der Waals surface area contributed by atoms with Gasteiger partial charge in [-0.1, -0.05) is 26.0 Å². The Morgan fingerprint density at radius 3 is 2.89 bits per heavy atom. The molecule has 4 nitrogen and oxygen atoms in total. The number of pyridine rings is 1. The first-order valence-electron chi connectivity index (χ1n) is 6.36. The van der Waals surface area contributed by atoms with Gasteiger partial charge in [0, 0.05) is 23.9 Å². The fourth-order valence-electron chi connectivity index (χ4n) is 2.24. The summed E-state index contributed by atoms with van der Waals surface area (Å²) >= 11 is 0. The molecule has 0 aliphatic carbocycles. The zero-order valence-corrected chi connectivity index (χ0v) is 10.8. The third kappa shape index (κ3) is 2.37. The number of rotatable bonds is 3. The van der Waals surface area contributed by atoms with Crippen LogP contribution < -0.4 is 5.56 Å². The number of amides is 1. The van der Waals surface area contributed by atoms with Gasteiger partial charge in [0.25, 0.3) is 5.91 Å². The predicted molar refractivity (Wildman–Crippen MR) is 70.7 cm³/mol. The summed E-state index contributed by atoms with van der Waals surface area (Å²) in [6, 6.07) is 3.31. The molecule has 1 amide bonds. The Kier molecular flexibility index (Phi) is 3.65. The third-order valence-electron chi connectivity index (χ3n) is 3.27. The fraction of sp³-hybridized carbons (Fsp3) is 0.429. The summed E-state index contributed by atoms with van der Waals surface area (Å²) in [7, 11) is 0. The molecule has 1 atom stereocenters. The fourth-order valence-corrected chi connectivity index (χ4v) is 2.24. The summed E-state index contributed by atoms with van der Waals surface area (Å²) in [5, 5.41) is 0. The van der Waals surface area contributed by atoms with Gasteiger partial charge < -0.3 is 9.88 Å². The Bertz CT molecular complexity index is 531. The molecular weight excluding hydrogens is 228 g/mol. The summed E-state index contributed by atoms with van der Waals surface area (Å²) in [6.07, 6.45) is 5.66. The van der Waals surface area contributed by atoms with Gasteiger partial charge in [-0.2, -0.15) is 0 Å². The Morgan fingerprint density at radius 2 is 2.22 bits per heavy atom. The molecule has 0 spiro atoms. The molecule has 0 radical (unpaired) electrons. The van der Waals surface area contributed by atoms with Crippen LogP contribution in [0.1, 0.15) is 36.3 Å². The van der Waals surface area contributed by atoms with Crippen LogP contribution >= 0.6 is 0 Å². The molecule has 2 rings (SSSR count). The minimum atomic E-state index is -0.210. The standard InChI is InChI=1S/C14H18N2O2/c1-3-11-8-10(9-13(17)15-11)14(18)16-7-5-6-12(16)4-2/h5-6,8-9,12H,3-4,7H2,1-2H3,(H,15,17)/t12-/m0/s1. The molecule has 18 heavy (non-hydrogen) atoms. The number of aromatic nitrogens is 1. The second kappa shape index (κ2) is 5.21. The van der Waals surface area contributed by atoms with Crippen LogP contribution in [0.15, 0.2) is 29.1 Å². The van der Waals surface area contributed by atoms with E-state index in [0.29, 0.717) is 18.5 Å². The Hall–Kier alpha value is -1.84. The van der Waals surface area contributed by atoms with E-state index in [0.717, 1.165) is 12.1 Å². The Labute approximate surface area is 106 Å². The zero-order chi connectivity index (χ0) is 13.1. The molecule has 96 valence electrons. The second-order valence-corrected chi connectivity index (χ2v) is 4.47. The maximum Gasteiger partial charge on any atom is 0.254 e. The maximum absolute atomic E-state index is 12.4. The highest BCUT2D eigenvalue weighted by Gasteiger charge is 2.24. The quantitative estimate of drug-likeness (QED) is 0.826. The largest absolute Gasteiger partial charge is 0.329 e. The van der Waals surface area contributed by atoms with E-state index in [1.807, 2.05) is 19.1 Å². The van der Waals surface area contributed by atoms with E-state index in [4.69, 9.17) is 0 Å². The van der Waals surface area contributed by atoms with Crippen LogP contribution in [0.5, 0.6) is 0 Å². The van der Waals surface area contributed by atoms with Crippen molar-refractivity contribution >= 4 is 5.91 Å². The van der Waals surface area contributed by atoms with E-state index in [9.17, 15) is 9.59 Å². The summed E-state index contributed by atoms with van der Waals surface area (Å²) in [5.41, 5.74) is 1.07. The Morgan fingerprint density at radius 1 is 1.44 bits per heavy atom. The molecule has 1 N–H and O–H groups in total. The molecule has 0 aromatic carbocycles. The van der Waals surface area contributed by atoms with Crippen molar-refractivity contribution in [2.75, 3.05) is 6.54 Å². The molecular formula is C14H18N2O2. The van der Waals surface area contributed by atoms with Crippen molar-refractivity contribution in [2.24, 2.45) is 0 Å². The highest BCUT2D eigenvalue weighted by molar-refractivity contribution is 5.95. The number of aryl methyl sites for hydroxylation is 1. The van der Waals surface area contributed by atoms with Crippen molar-refractivity contribution in [2.45, 2.75) is 32.7 Å². The molecule has 1 aromatic heterocycles. The SMILES string of the molecule is CCc1cc(C(=O)N2CC=C[C@@H]2CC)cc(=O)[nH]1. The van der Waals surface area contributed by atoms with Crippen LogP contribution in [0.25, 0.3) is 0 Å². The van der Waals surface area contributed by atoms with Gasteiger partial charge in [0.15, 0.2) is 0 Å². The number of carbonyl (C=O) groups is 1. The van der Waals surface area contributed by atoms with Gasteiger partial charge >= 0.3 is 0 Å². The minimum Gasteiger partial charge on any atom is -0.329 e. The van der Waals surface area contributed by atoms with Gasteiger partial charge in [0.05, 0.1) is 6.04 Å². The summed E-state index contributed by atoms with van der Waals surface area (Å²) in [4.78, 5) is 28.4. The van der Waals surface area contributed by atoms with Crippen LogP contribution in [-0.2, 0) is 6.42 Å². The van der Waals surface area contributed by atoms with Crippen LogP contribution in [0.2, 0.25) is 0 Å². The van der Waals surface area contributed by atoms with Crippen molar-refractivity contribution in [3.05, 3.63) is 45.9 Å². The minimum absolute atomic E-state index is 0.0624. The molecule has 0 fully saturated rings. The zero-order valence-electron chi connectivity index (χ0n) is 10.8. The van der Waals surface area contributed by atoms with Crippen molar-refractivity contribution < 1.29 is 4.79 Å². The highest BCUT2D eigenvalue weighted by atomic mass is 16.2. The summed E-state index contributed by atoms with van der Waals surface area (Å²) < 4.78 is 0. The van der Waals surface area contributed by atoms with Crippen molar-refractivity contribution in [1.82, 2.24) is 9.88 Å². The molecule has 0 bridgehead atoms. The van der Waals surface area contributed by atoms with Gasteiger partial charge in [0.1, 0.15) is 0 Å². The Balaban J connectivity index is 2.29. The van der Waals surface area contributed by atoms with Crippen molar-refractivity contribution in [3.8, 4) is 0 Å². The number of carbonyl (C=O) groups excluding carboxylic acids is 1. The molecule has 1 aliphatic rings. The number of nitrogens with one attached hydrogen (secondary N) is 1. The van der Waals surface area contributed by atoms with Crippen molar-refractivity contribution in [3.63, 3.8) is 0 Å². The van der Waals surface area contributed by atoms with E-state index in [1.54, 1.807) is 11.0 Å². The number of H-pyrrole nitrogens is 1. The molecule has 0 saturated heterocycles. The number of aromatic amines is 1. The van der Waals surface area contributed by atoms with Crippen LogP contribution in [-0.4, -0.2) is 28.4 Å². The monoisotopic (exact) mass is 246 g/mol. The van der Waals surface area contributed by atoms with Gasteiger partial charge in [-0.15, -0.1) is 0 Å². The average Bonchev–Trinajstić information content (AvgIpc) is 2.85. The molecule has 2 heterocycles. The van der Waals surface area contributed by atoms with Gasteiger partial charge in [-0.05, 0) is 18.9 Å². The number of nitrogens with zero attached hydrogens (tertiary/aromatic N) is 1. The van der Waals surface area contributed by atoms with Crippen molar-refractivity contribution in [1.29, 1.82) is 0 Å². The van der Waals surface area contributed by atoms with E-state index in [-0.39, 0.29) is 17.5 Å². The molecule has 0 unspecified atom stereocenters. The van der Waals surface area contributed by atoms with Gasteiger partial charge in [0.2, 0.25) is 5.56 Å². The molecule has 4 heteroatoms. The molecule has 1 aliphatic heterocycles. The predicted octanol–water partition coefficient (Wildman–Crippen LogP) is 1.73. The first-order valence-corrected chi connectivity index (χ1v) is 6.36. The smallest absolute Gasteiger partial charge is 0.254 e. The lowest BCUT2D eigenvalue weighted by molar-refractivity contribution is 0.0747. The topological polar surface area (TPSA) is 53.2 Å². The second-order valence-electron chi connectivity index (χ2n) is 4.47. The molecule has 0 saturated carbocycles. The van der Waals surface area contributed by atoms with Crippen LogP contribution in [0.3, 0.4) is 0 Å². The normalized spacial score (nSPS) is 18.3. The molecule has 1 aromatic rings. The van der Waals surface area contributed by atoms with E-state index in [2.05, 4.69) is 11.9 Å². The third-order valence-corrected chi connectivity index (χ3v) is 3.27. The lowest BCUT2D eigenvalue weighted by Gasteiger charge is -2.23. The van der Waals surface area contributed by atoms with Crippen LogP contribution in [0, 0.1) is 0 Å². The maximum atomic E-state index is 12.4. The first-order chi connectivity index (χ1) is 8.65. The summed E-state index contributed by atoms with van der Waals surface area (Å²) in [6.45, 7) is 4.63. The van der Waals surface area contributed by atoms with E-state index in [1.165, 1.54) is 6.07 Å². The first kappa shape index (κ1) is 12.6. The lowest BCUT2D eigenvalue weighted by Crippen LogP contribution is -2.36. The van der Waals surface area contributed by atoms with Gasteiger partial charge in [-0.3, -0.25) is 9.59 Å². The van der Waals surface area contributed by atoms with E-state index < -0.39 is 0 Å². The summed E-state index contributed by atoms with van der Waals surface area (Å²) in [5.74, 6) is -0.0624. The van der Waals surface area contributed by atoms with Gasteiger partial charge in [-0.25, -0.2) is 0 Å². The van der Waals surface area contributed by atoms with Crippen LogP contribution in [0.4, 0.5) is 0 Å². The number of hydrogen-bond donors (Lipinski definition) is 1. The number of hydrogen-bond acceptors (Lipinski definition) is 2. The highest BCUT2D eigenvalue weighted by Crippen LogP contribution is 2.16.